The Morgan fingerprint density at radius 3 is 2.31 bits per heavy atom. The van der Waals surface area contributed by atoms with Crippen LogP contribution < -0.4 is 5.19 Å². The number of nitrogens with zero attached hydrogens (tertiary/aromatic N) is 2. The lowest BCUT2D eigenvalue weighted by Crippen LogP contribution is -2.37. The van der Waals surface area contributed by atoms with E-state index in [2.05, 4.69) is 53.5 Å². The van der Waals surface area contributed by atoms with Crippen molar-refractivity contribution >= 4 is 13.3 Å². The van der Waals surface area contributed by atoms with Crippen LogP contribution in [0.2, 0.25) is 19.6 Å². The Labute approximate surface area is 98.0 Å². The highest BCUT2D eigenvalue weighted by Crippen LogP contribution is 2.06. The Morgan fingerprint density at radius 1 is 1.12 bits per heavy atom. The first-order valence-corrected chi connectivity index (χ1v) is 9.11. The Kier molecular flexibility index (Phi) is 2.96. The van der Waals surface area contributed by atoms with E-state index >= 15 is 0 Å². The zero-order valence-corrected chi connectivity index (χ0v) is 11.1. The first-order valence-electron chi connectivity index (χ1n) is 5.61. The van der Waals surface area contributed by atoms with E-state index in [4.69, 9.17) is 0 Å². The maximum absolute atomic E-state index is 4.04. The molecule has 1 aromatic heterocycles. The second kappa shape index (κ2) is 4.26. The van der Waals surface area contributed by atoms with Crippen molar-refractivity contribution in [2.45, 2.75) is 26.2 Å². The smallest absolute Gasteiger partial charge is 0.0949 e. The Bertz CT molecular complexity index is 438. The molecule has 0 fully saturated rings. The zero-order valence-electron chi connectivity index (χ0n) is 10.1. The molecule has 0 bridgehead atoms. The van der Waals surface area contributed by atoms with Gasteiger partial charge in [0.15, 0.2) is 0 Å². The van der Waals surface area contributed by atoms with E-state index in [0.29, 0.717) is 0 Å². The molecule has 16 heavy (non-hydrogen) atoms. The molecular weight excluding hydrogens is 212 g/mol. The maximum Gasteiger partial charge on any atom is 0.0949 e. The summed E-state index contributed by atoms with van der Waals surface area (Å²) in [4.78, 5) is 4.04. The van der Waals surface area contributed by atoms with E-state index < -0.39 is 8.07 Å². The topological polar surface area (TPSA) is 17.8 Å². The molecule has 2 rings (SSSR count). The average molecular weight is 230 g/mol. The second-order valence-electron chi connectivity index (χ2n) is 5.18. The fourth-order valence-electron chi connectivity index (χ4n) is 1.70. The molecule has 0 aliphatic heterocycles. The first-order chi connectivity index (χ1) is 7.55. The molecule has 0 amide bonds. The number of imidazole rings is 1. The summed E-state index contributed by atoms with van der Waals surface area (Å²) in [5.74, 6) is 0. The van der Waals surface area contributed by atoms with Gasteiger partial charge < -0.3 is 4.57 Å². The van der Waals surface area contributed by atoms with Crippen LogP contribution in [-0.2, 0) is 6.54 Å². The van der Waals surface area contributed by atoms with E-state index in [9.17, 15) is 0 Å². The number of benzene rings is 1. The standard InChI is InChI=1S/C13H18N2Si/c1-16(2,3)13-6-4-12(5-7-13)10-15-9-8-14-11-15/h4-9,11H,10H2,1-3H3. The van der Waals surface area contributed by atoms with Gasteiger partial charge in [0.2, 0.25) is 0 Å². The predicted octanol–water partition coefficient (Wildman–Crippen LogP) is 2.48. The highest BCUT2D eigenvalue weighted by atomic mass is 28.3. The summed E-state index contributed by atoms with van der Waals surface area (Å²) >= 11 is 0. The molecule has 2 aromatic rings. The molecule has 0 atom stereocenters. The fraction of sp³-hybridized carbons (Fsp3) is 0.308. The molecule has 0 saturated carbocycles. The summed E-state index contributed by atoms with van der Waals surface area (Å²) < 4.78 is 2.09. The van der Waals surface area contributed by atoms with E-state index in [0.717, 1.165) is 6.54 Å². The maximum atomic E-state index is 4.04. The van der Waals surface area contributed by atoms with Crippen LogP contribution in [-0.4, -0.2) is 17.6 Å². The van der Waals surface area contributed by atoms with Crippen molar-refractivity contribution in [3.63, 3.8) is 0 Å². The summed E-state index contributed by atoms with van der Waals surface area (Å²) in [6, 6.07) is 9.01. The summed E-state index contributed by atoms with van der Waals surface area (Å²) in [5.41, 5.74) is 1.33. The van der Waals surface area contributed by atoms with Gasteiger partial charge in [-0.3, -0.25) is 0 Å². The lowest BCUT2D eigenvalue weighted by molar-refractivity contribution is 0.797. The minimum absolute atomic E-state index is 0.909. The van der Waals surface area contributed by atoms with E-state index in [-0.39, 0.29) is 0 Å². The van der Waals surface area contributed by atoms with Gasteiger partial charge in [-0.25, -0.2) is 4.98 Å². The molecule has 0 spiro atoms. The van der Waals surface area contributed by atoms with Gasteiger partial charge >= 0.3 is 0 Å². The second-order valence-corrected chi connectivity index (χ2v) is 10.3. The lowest BCUT2D eigenvalue weighted by Gasteiger charge is -2.16. The summed E-state index contributed by atoms with van der Waals surface area (Å²) in [6.45, 7) is 8.03. The van der Waals surface area contributed by atoms with Crippen LogP contribution in [0.4, 0.5) is 0 Å². The molecule has 0 unspecified atom stereocenters. The van der Waals surface area contributed by atoms with Crippen LogP contribution in [0, 0.1) is 0 Å². The third-order valence-electron chi connectivity index (χ3n) is 2.74. The van der Waals surface area contributed by atoms with Gasteiger partial charge in [0, 0.05) is 18.9 Å². The first kappa shape index (κ1) is 11.1. The molecule has 1 aromatic carbocycles. The van der Waals surface area contributed by atoms with Crippen LogP contribution >= 0.6 is 0 Å². The van der Waals surface area contributed by atoms with E-state index in [1.54, 1.807) is 0 Å². The largest absolute Gasteiger partial charge is 0.333 e. The molecule has 0 aliphatic carbocycles. The summed E-state index contributed by atoms with van der Waals surface area (Å²) in [5, 5.41) is 1.52. The van der Waals surface area contributed by atoms with Crippen molar-refractivity contribution in [1.82, 2.24) is 9.55 Å². The lowest BCUT2D eigenvalue weighted by atomic mass is 10.2. The number of rotatable bonds is 3. The summed E-state index contributed by atoms with van der Waals surface area (Å²) in [7, 11) is -1.15. The minimum Gasteiger partial charge on any atom is -0.333 e. The van der Waals surface area contributed by atoms with Crippen LogP contribution in [0.15, 0.2) is 43.0 Å². The van der Waals surface area contributed by atoms with Crippen LogP contribution in [0.1, 0.15) is 5.56 Å². The quantitative estimate of drug-likeness (QED) is 0.741. The number of hydrogen-bond acceptors (Lipinski definition) is 1. The number of hydrogen-bond donors (Lipinski definition) is 0. The summed E-state index contributed by atoms with van der Waals surface area (Å²) in [6.07, 6.45) is 5.66. The van der Waals surface area contributed by atoms with Gasteiger partial charge in [-0.2, -0.15) is 0 Å². The van der Waals surface area contributed by atoms with Crippen molar-refractivity contribution in [3.05, 3.63) is 48.5 Å². The van der Waals surface area contributed by atoms with Gasteiger partial charge in [-0.05, 0) is 5.56 Å². The number of aromatic nitrogens is 2. The minimum atomic E-state index is -1.15. The molecule has 3 heteroatoms. The van der Waals surface area contributed by atoms with Gasteiger partial charge in [0.25, 0.3) is 0 Å². The van der Waals surface area contributed by atoms with Crippen molar-refractivity contribution in [1.29, 1.82) is 0 Å². The SMILES string of the molecule is C[Si](C)(C)c1ccc(Cn2ccnc2)cc1. The molecule has 84 valence electrons. The predicted molar refractivity (Wildman–Crippen MR) is 70.8 cm³/mol. The van der Waals surface area contributed by atoms with Crippen LogP contribution in [0.3, 0.4) is 0 Å². The van der Waals surface area contributed by atoms with Crippen LogP contribution in [0.5, 0.6) is 0 Å². The average Bonchev–Trinajstić information content (AvgIpc) is 2.70. The Morgan fingerprint density at radius 2 is 1.81 bits per heavy atom. The van der Waals surface area contributed by atoms with Crippen molar-refractivity contribution < 1.29 is 0 Å². The van der Waals surface area contributed by atoms with Gasteiger partial charge in [0.05, 0.1) is 14.4 Å². The normalized spacial score (nSPS) is 11.7. The van der Waals surface area contributed by atoms with Gasteiger partial charge in [-0.1, -0.05) is 49.1 Å². The molecule has 0 saturated heterocycles. The Balaban J connectivity index is 2.14. The highest BCUT2D eigenvalue weighted by Gasteiger charge is 2.15. The third kappa shape index (κ3) is 2.61. The molecule has 0 aliphatic rings. The van der Waals surface area contributed by atoms with Crippen LogP contribution in [0.25, 0.3) is 0 Å². The van der Waals surface area contributed by atoms with Crippen molar-refractivity contribution in [2.24, 2.45) is 0 Å². The molecular formula is C13H18N2Si. The zero-order chi connectivity index (χ0) is 11.6. The molecule has 0 radical (unpaired) electrons. The van der Waals surface area contributed by atoms with E-state index in [1.165, 1.54) is 10.8 Å². The Hall–Kier alpha value is -1.35. The molecule has 1 heterocycles. The molecule has 2 nitrogen and oxygen atoms in total. The monoisotopic (exact) mass is 230 g/mol. The molecule has 0 N–H and O–H groups in total. The van der Waals surface area contributed by atoms with Gasteiger partial charge in [-0.15, -0.1) is 0 Å². The van der Waals surface area contributed by atoms with Crippen molar-refractivity contribution in [2.75, 3.05) is 0 Å². The third-order valence-corrected chi connectivity index (χ3v) is 4.81. The fourth-order valence-corrected chi connectivity index (χ4v) is 2.87. The van der Waals surface area contributed by atoms with Crippen molar-refractivity contribution in [3.8, 4) is 0 Å². The van der Waals surface area contributed by atoms with E-state index in [1.807, 2.05) is 18.7 Å². The highest BCUT2D eigenvalue weighted by molar-refractivity contribution is 6.88. The van der Waals surface area contributed by atoms with Gasteiger partial charge in [0.1, 0.15) is 0 Å².